The smallest absolute Gasteiger partial charge is 0.254 e. The summed E-state index contributed by atoms with van der Waals surface area (Å²) in [5.74, 6) is 0.929. The highest BCUT2D eigenvalue weighted by Crippen LogP contribution is 2.35. The van der Waals surface area contributed by atoms with Gasteiger partial charge in [0.25, 0.3) is 5.91 Å². The topological polar surface area (TPSA) is 68.2 Å². The Morgan fingerprint density at radius 1 is 1.14 bits per heavy atom. The summed E-state index contributed by atoms with van der Waals surface area (Å²) in [6.45, 7) is 4.10. The van der Waals surface area contributed by atoms with Crippen molar-refractivity contribution in [2.75, 3.05) is 0 Å². The maximum atomic E-state index is 13.5. The van der Waals surface area contributed by atoms with Crippen LogP contribution in [0.15, 0.2) is 61.2 Å². The van der Waals surface area contributed by atoms with Crippen molar-refractivity contribution in [2.45, 2.75) is 45.2 Å². The van der Waals surface area contributed by atoms with E-state index in [2.05, 4.69) is 34.9 Å². The lowest BCUT2D eigenvalue weighted by Crippen LogP contribution is -2.41. The molecule has 2 aromatic heterocycles. The van der Waals surface area contributed by atoms with Gasteiger partial charge in [0.2, 0.25) is 5.88 Å². The highest BCUT2D eigenvalue weighted by atomic mass is 16.5. The van der Waals surface area contributed by atoms with Gasteiger partial charge in [0.05, 0.1) is 17.9 Å². The second kappa shape index (κ2) is 8.39. The first kappa shape index (κ1) is 19.1. The molecule has 0 saturated heterocycles. The number of carbonyl (C=O) groups excluding carboxylic acids is 1. The van der Waals surface area contributed by atoms with Crippen molar-refractivity contribution in [3.8, 4) is 11.6 Å². The van der Waals surface area contributed by atoms with Crippen LogP contribution in [0.1, 0.15) is 54.3 Å². The zero-order chi connectivity index (χ0) is 20.2. The van der Waals surface area contributed by atoms with Crippen molar-refractivity contribution in [1.29, 1.82) is 0 Å². The van der Waals surface area contributed by atoms with Crippen LogP contribution in [0.3, 0.4) is 0 Å². The van der Waals surface area contributed by atoms with Gasteiger partial charge in [-0.25, -0.2) is 4.98 Å². The first-order valence-corrected chi connectivity index (χ1v) is 9.94. The van der Waals surface area contributed by atoms with Gasteiger partial charge in [-0.3, -0.25) is 14.8 Å². The molecule has 4 rings (SSSR count). The lowest BCUT2D eigenvalue weighted by Gasteiger charge is -2.38. The minimum atomic E-state index is -0.0203. The Morgan fingerprint density at radius 3 is 2.83 bits per heavy atom. The van der Waals surface area contributed by atoms with Gasteiger partial charge in [-0.05, 0) is 62.9 Å². The number of benzene rings is 1. The standard InChI is InChI=1S/C23H24N4O2/c1-16(2)27(20-10-4-6-17-8-5-11-26-22(17)20)23(28)18-7-3-9-19(14-18)29-21-15-24-12-13-25-21/h3,5,7-9,11-16,20H,4,6,10H2,1-2H3. The molecule has 0 aliphatic heterocycles. The molecule has 1 aliphatic rings. The monoisotopic (exact) mass is 388 g/mol. The largest absolute Gasteiger partial charge is 0.437 e. The van der Waals surface area contributed by atoms with Crippen molar-refractivity contribution in [3.63, 3.8) is 0 Å². The lowest BCUT2D eigenvalue weighted by molar-refractivity contribution is 0.0576. The van der Waals surface area contributed by atoms with E-state index in [0.717, 1.165) is 25.0 Å². The average molecular weight is 388 g/mol. The quantitative estimate of drug-likeness (QED) is 0.639. The minimum Gasteiger partial charge on any atom is -0.437 e. The molecule has 6 heteroatoms. The molecular formula is C23H24N4O2. The number of ether oxygens (including phenoxy) is 1. The van der Waals surface area contributed by atoms with Gasteiger partial charge in [0, 0.05) is 30.2 Å². The fourth-order valence-corrected chi connectivity index (χ4v) is 3.89. The molecule has 1 amide bonds. The van der Waals surface area contributed by atoms with Crippen LogP contribution in [-0.4, -0.2) is 31.8 Å². The number of hydrogen-bond donors (Lipinski definition) is 0. The predicted octanol–water partition coefficient (Wildman–Crippen LogP) is 4.59. The Labute approximate surface area is 170 Å². The molecule has 6 nitrogen and oxygen atoms in total. The molecular weight excluding hydrogens is 364 g/mol. The van der Waals surface area contributed by atoms with Crippen LogP contribution in [-0.2, 0) is 6.42 Å². The zero-order valence-corrected chi connectivity index (χ0v) is 16.7. The van der Waals surface area contributed by atoms with E-state index in [0.29, 0.717) is 17.2 Å². The van der Waals surface area contributed by atoms with Crippen molar-refractivity contribution in [3.05, 3.63) is 78.0 Å². The molecule has 29 heavy (non-hydrogen) atoms. The van der Waals surface area contributed by atoms with Crippen LogP contribution in [0.4, 0.5) is 0 Å². The average Bonchev–Trinajstić information content (AvgIpc) is 2.75. The molecule has 3 aromatic rings. The number of hydrogen-bond acceptors (Lipinski definition) is 5. The number of nitrogens with zero attached hydrogens (tertiary/aromatic N) is 4. The third-order valence-corrected chi connectivity index (χ3v) is 5.13. The van der Waals surface area contributed by atoms with Crippen LogP contribution in [0.25, 0.3) is 0 Å². The van der Waals surface area contributed by atoms with E-state index in [1.54, 1.807) is 24.7 Å². The van der Waals surface area contributed by atoms with Crippen LogP contribution in [0.2, 0.25) is 0 Å². The first-order chi connectivity index (χ1) is 14.1. The van der Waals surface area contributed by atoms with E-state index in [1.165, 1.54) is 5.56 Å². The van der Waals surface area contributed by atoms with Crippen LogP contribution >= 0.6 is 0 Å². The van der Waals surface area contributed by atoms with Crippen LogP contribution in [0, 0.1) is 0 Å². The van der Waals surface area contributed by atoms with Crippen LogP contribution < -0.4 is 4.74 Å². The third-order valence-electron chi connectivity index (χ3n) is 5.13. The SMILES string of the molecule is CC(C)N(C(=O)c1cccc(Oc2cnccn2)c1)C1CCCc2cccnc21. The molecule has 1 aromatic carbocycles. The molecule has 0 N–H and O–H groups in total. The van der Waals surface area contributed by atoms with E-state index < -0.39 is 0 Å². The Hall–Kier alpha value is -3.28. The van der Waals surface area contributed by atoms with Gasteiger partial charge in [-0.2, -0.15) is 0 Å². The number of aromatic nitrogens is 3. The Morgan fingerprint density at radius 2 is 2.03 bits per heavy atom. The van der Waals surface area contributed by atoms with Gasteiger partial charge < -0.3 is 9.64 Å². The van der Waals surface area contributed by atoms with E-state index in [4.69, 9.17) is 4.74 Å². The molecule has 1 atom stereocenters. The molecule has 0 bridgehead atoms. The summed E-state index contributed by atoms with van der Waals surface area (Å²) in [5, 5.41) is 0. The van der Waals surface area contributed by atoms with E-state index >= 15 is 0 Å². The Bertz CT molecular complexity index is 991. The number of rotatable bonds is 5. The molecule has 0 radical (unpaired) electrons. The van der Waals surface area contributed by atoms with Gasteiger partial charge in [-0.1, -0.05) is 12.1 Å². The summed E-state index contributed by atoms with van der Waals surface area (Å²) in [7, 11) is 0. The first-order valence-electron chi connectivity index (χ1n) is 9.94. The minimum absolute atomic E-state index is 0.0167. The van der Waals surface area contributed by atoms with Crippen molar-refractivity contribution in [2.24, 2.45) is 0 Å². The van der Waals surface area contributed by atoms with Gasteiger partial charge in [-0.15, -0.1) is 0 Å². The molecule has 0 saturated carbocycles. The fourth-order valence-electron chi connectivity index (χ4n) is 3.89. The highest BCUT2D eigenvalue weighted by Gasteiger charge is 2.32. The molecule has 0 spiro atoms. The number of carbonyl (C=O) groups is 1. The van der Waals surface area contributed by atoms with Crippen molar-refractivity contribution in [1.82, 2.24) is 19.9 Å². The highest BCUT2D eigenvalue weighted by molar-refractivity contribution is 5.95. The van der Waals surface area contributed by atoms with Crippen molar-refractivity contribution >= 4 is 5.91 Å². The number of pyridine rings is 1. The third kappa shape index (κ3) is 4.11. The number of amides is 1. The second-order valence-electron chi connectivity index (χ2n) is 7.44. The summed E-state index contributed by atoms with van der Waals surface area (Å²) >= 11 is 0. The molecule has 0 fully saturated rings. The summed E-state index contributed by atoms with van der Waals surface area (Å²) in [6, 6.07) is 11.3. The number of aryl methyl sites for hydroxylation is 1. The summed E-state index contributed by atoms with van der Waals surface area (Å²) < 4.78 is 5.75. The van der Waals surface area contributed by atoms with E-state index in [1.807, 2.05) is 35.4 Å². The summed E-state index contributed by atoms with van der Waals surface area (Å²) in [6.07, 6.45) is 9.50. The summed E-state index contributed by atoms with van der Waals surface area (Å²) in [5.41, 5.74) is 2.85. The van der Waals surface area contributed by atoms with Crippen molar-refractivity contribution < 1.29 is 9.53 Å². The summed E-state index contributed by atoms with van der Waals surface area (Å²) in [4.78, 5) is 28.2. The maximum absolute atomic E-state index is 13.5. The van der Waals surface area contributed by atoms with Gasteiger partial charge >= 0.3 is 0 Å². The molecule has 1 unspecified atom stereocenters. The molecule has 2 heterocycles. The predicted molar refractivity (Wildman–Crippen MR) is 110 cm³/mol. The van der Waals surface area contributed by atoms with E-state index in [-0.39, 0.29) is 18.0 Å². The zero-order valence-electron chi connectivity index (χ0n) is 16.7. The number of fused-ring (bicyclic) bond motifs is 1. The van der Waals surface area contributed by atoms with E-state index in [9.17, 15) is 4.79 Å². The normalized spacial score (nSPS) is 15.6. The van der Waals surface area contributed by atoms with Crippen LogP contribution in [0.5, 0.6) is 11.6 Å². The molecule has 1 aliphatic carbocycles. The Balaban J connectivity index is 1.63. The van der Waals surface area contributed by atoms with Gasteiger partial charge in [0.1, 0.15) is 5.75 Å². The Kier molecular flexibility index (Phi) is 5.51. The fraction of sp³-hybridized carbons (Fsp3) is 0.304. The lowest BCUT2D eigenvalue weighted by atomic mass is 9.89. The maximum Gasteiger partial charge on any atom is 0.254 e. The van der Waals surface area contributed by atoms with Gasteiger partial charge in [0.15, 0.2) is 0 Å². The molecule has 148 valence electrons. The second-order valence-corrected chi connectivity index (χ2v) is 7.44.